The Bertz CT molecular complexity index is 478. The highest BCUT2D eigenvalue weighted by Crippen LogP contribution is 2.22. The SMILES string of the molecule is CC(CCOCC(C)C)=C(C(N)=O)c1ccc(Cl)cc1. The highest BCUT2D eigenvalue weighted by Gasteiger charge is 2.12. The Kier molecular flexibility index (Phi) is 6.76. The van der Waals surface area contributed by atoms with Gasteiger partial charge in [-0.05, 0) is 37.0 Å². The first kappa shape index (κ1) is 16.7. The second-order valence-corrected chi connectivity index (χ2v) is 5.68. The molecular formula is C16H22ClNO2. The Morgan fingerprint density at radius 1 is 1.30 bits per heavy atom. The maximum Gasteiger partial charge on any atom is 0.249 e. The first-order valence-corrected chi connectivity index (χ1v) is 7.12. The van der Waals surface area contributed by atoms with Crippen molar-refractivity contribution in [3.8, 4) is 0 Å². The van der Waals surface area contributed by atoms with Crippen molar-refractivity contribution >= 4 is 23.1 Å². The molecule has 0 saturated carbocycles. The topological polar surface area (TPSA) is 52.3 Å². The number of ether oxygens (including phenoxy) is 1. The zero-order chi connectivity index (χ0) is 15.1. The molecule has 4 heteroatoms. The Balaban J connectivity index is 2.80. The summed E-state index contributed by atoms with van der Waals surface area (Å²) in [5, 5.41) is 0.635. The van der Waals surface area contributed by atoms with E-state index in [1.807, 2.05) is 6.92 Å². The number of amides is 1. The largest absolute Gasteiger partial charge is 0.381 e. The zero-order valence-corrected chi connectivity index (χ0v) is 13.0. The first-order chi connectivity index (χ1) is 9.41. The van der Waals surface area contributed by atoms with E-state index in [9.17, 15) is 4.79 Å². The maximum absolute atomic E-state index is 11.7. The summed E-state index contributed by atoms with van der Waals surface area (Å²) in [5.41, 5.74) is 7.77. The molecule has 110 valence electrons. The van der Waals surface area contributed by atoms with Gasteiger partial charge in [-0.25, -0.2) is 0 Å². The van der Waals surface area contributed by atoms with Gasteiger partial charge >= 0.3 is 0 Å². The highest BCUT2D eigenvalue weighted by molar-refractivity contribution is 6.30. The van der Waals surface area contributed by atoms with Crippen molar-refractivity contribution in [3.63, 3.8) is 0 Å². The van der Waals surface area contributed by atoms with Crippen LogP contribution in [0.2, 0.25) is 5.02 Å². The Morgan fingerprint density at radius 3 is 2.40 bits per heavy atom. The van der Waals surface area contributed by atoms with Gasteiger partial charge in [0.2, 0.25) is 5.91 Å². The average Bonchev–Trinajstić information content (AvgIpc) is 2.36. The molecule has 0 fully saturated rings. The van der Waals surface area contributed by atoms with Crippen molar-refractivity contribution in [1.29, 1.82) is 0 Å². The molecule has 20 heavy (non-hydrogen) atoms. The van der Waals surface area contributed by atoms with E-state index in [2.05, 4.69) is 13.8 Å². The second-order valence-electron chi connectivity index (χ2n) is 5.25. The van der Waals surface area contributed by atoms with Crippen LogP contribution in [0, 0.1) is 5.92 Å². The molecule has 0 aliphatic rings. The minimum absolute atomic E-state index is 0.423. The predicted octanol–water partition coefficient (Wildman–Crippen LogP) is 3.66. The van der Waals surface area contributed by atoms with Crippen molar-refractivity contribution in [1.82, 2.24) is 0 Å². The summed E-state index contributed by atoms with van der Waals surface area (Å²) in [6, 6.07) is 7.12. The van der Waals surface area contributed by atoms with Crippen LogP contribution in [-0.4, -0.2) is 19.1 Å². The van der Waals surface area contributed by atoms with Gasteiger partial charge in [0, 0.05) is 17.2 Å². The van der Waals surface area contributed by atoms with Crippen molar-refractivity contribution in [2.24, 2.45) is 11.7 Å². The third-order valence-corrected chi connectivity index (χ3v) is 3.13. The molecule has 0 atom stereocenters. The fourth-order valence-electron chi connectivity index (χ4n) is 1.88. The van der Waals surface area contributed by atoms with Gasteiger partial charge < -0.3 is 10.5 Å². The number of nitrogens with two attached hydrogens (primary N) is 1. The number of rotatable bonds is 7. The van der Waals surface area contributed by atoms with E-state index in [1.165, 1.54) is 0 Å². The van der Waals surface area contributed by atoms with Crippen LogP contribution in [0.1, 0.15) is 32.8 Å². The molecule has 0 aromatic heterocycles. The molecule has 0 bridgehead atoms. The lowest BCUT2D eigenvalue weighted by atomic mass is 9.98. The summed E-state index contributed by atoms with van der Waals surface area (Å²) in [6.45, 7) is 7.43. The van der Waals surface area contributed by atoms with E-state index < -0.39 is 5.91 Å². The maximum atomic E-state index is 11.7. The van der Waals surface area contributed by atoms with Gasteiger partial charge in [-0.2, -0.15) is 0 Å². The van der Waals surface area contributed by atoms with Gasteiger partial charge in [-0.3, -0.25) is 4.79 Å². The molecule has 3 nitrogen and oxygen atoms in total. The standard InChI is InChI=1S/C16H22ClNO2/c1-11(2)10-20-9-8-12(3)15(16(18)19)13-4-6-14(17)7-5-13/h4-7,11H,8-10H2,1-3H3,(H2,18,19). The van der Waals surface area contributed by atoms with E-state index in [0.29, 0.717) is 29.5 Å². The van der Waals surface area contributed by atoms with Crippen LogP contribution >= 0.6 is 11.6 Å². The van der Waals surface area contributed by atoms with Crippen LogP contribution in [0.5, 0.6) is 0 Å². The van der Waals surface area contributed by atoms with Gasteiger partial charge in [0.1, 0.15) is 0 Å². The van der Waals surface area contributed by atoms with Crippen LogP contribution in [0.15, 0.2) is 29.8 Å². The lowest BCUT2D eigenvalue weighted by Gasteiger charge is -2.11. The fraction of sp³-hybridized carbons (Fsp3) is 0.438. The van der Waals surface area contributed by atoms with Crippen LogP contribution in [-0.2, 0) is 9.53 Å². The van der Waals surface area contributed by atoms with E-state index in [-0.39, 0.29) is 0 Å². The molecule has 1 amide bonds. The number of benzene rings is 1. The Morgan fingerprint density at radius 2 is 1.90 bits per heavy atom. The molecule has 0 heterocycles. The summed E-state index contributed by atoms with van der Waals surface area (Å²) in [6.07, 6.45) is 0.688. The number of primary amides is 1. The number of carbonyl (C=O) groups excluding carboxylic acids is 1. The van der Waals surface area contributed by atoms with Gasteiger partial charge in [0.15, 0.2) is 0 Å². The lowest BCUT2D eigenvalue weighted by molar-refractivity contribution is -0.112. The van der Waals surface area contributed by atoms with Crippen molar-refractivity contribution in [3.05, 3.63) is 40.4 Å². The molecule has 2 N–H and O–H groups in total. The molecule has 0 spiro atoms. The monoisotopic (exact) mass is 295 g/mol. The van der Waals surface area contributed by atoms with Gasteiger partial charge in [-0.15, -0.1) is 0 Å². The van der Waals surface area contributed by atoms with Gasteiger partial charge in [-0.1, -0.05) is 43.2 Å². The smallest absolute Gasteiger partial charge is 0.249 e. The van der Waals surface area contributed by atoms with E-state index in [0.717, 1.165) is 17.7 Å². The molecule has 1 aromatic carbocycles. The summed E-state index contributed by atoms with van der Waals surface area (Å²) in [7, 11) is 0. The third kappa shape index (κ3) is 5.35. The predicted molar refractivity (Wildman–Crippen MR) is 83.5 cm³/mol. The molecule has 0 saturated heterocycles. The summed E-state index contributed by atoms with van der Waals surface area (Å²) in [5.74, 6) is 0.0832. The van der Waals surface area contributed by atoms with E-state index in [1.54, 1.807) is 24.3 Å². The number of hydrogen-bond acceptors (Lipinski definition) is 2. The summed E-state index contributed by atoms with van der Waals surface area (Å²) in [4.78, 5) is 11.7. The van der Waals surface area contributed by atoms with Crippen molar-refractivity contribution in [2.75, 3.05) is 13.2 Å². The number of carbonyl (C=O) groups is 1. The minimum atomic E-state index is -0.423. The molecule has 1 aromatic rings. The zero-order valence-electron chi connectivity index (χ0n) is 12.3. The third-order valence-electron chi connectivity index (χ3n) is 2.88. The van der Waals surface area contributed by atoms with Crippen LogP contribution in [0.25, 0.3) is 5.57 Å². The van der Waals surface area contributed by atoms with Gasteiger partial charge in [0.05, 0.1) is 6.61 Å². The molecule has 0 unspecified atom stereocenters. The number of halogens is 1. The van der Waals surface area contributed by atoms with Crippen LogP contribution < -0.4 is 5.73 Å². The summed E-state index contributed by atoms with van der Waals surface area (Å²) < 4.78 is 5.54. The van der Waals surface area contributed by atoms with Crippen LogP contribution in [0.4, 0.5) is 0 Å². The minimum Gasteiger partial charge on any atom is -0.381 e. The van der Waals surface area contributed by atoms with Crippen molar-refractivity contribution in [2.45, 2.75) is 27.2 Å². The molecular weight excluding hydrogens is 274 g/mol. The number of hydrogen-bond donors (Lipinski definition) is 1. The van der Waals surface area contributed by atoms with E-state index >= 15 is 0 Å². The Labute approximate surface area is 125 Å². The average molecular weight is 296 g/mol. The summed E-state index contributed by atoms with van der Waals surface area (Å²) >= 11 is 5.86. The van der Waals surface area contributed by atoms with Crippen molar-refractivity contribution < 1.29 is 9.53 Å². The molecule has 0 radical (unpaired) electrons. The molecule has 1 rings (SSSR count). The first-order valence-electron chi connectivity index (χ1n) is 6.75. The second kappa shape index (κ2) is 8.08. The van der Waals surface area contributed by atoms with E-state index in [4.69, 9.17) is 22.1 Å². The molecule has 0 aliphatic heterocycles. The highest BCUT2D eigenvalue weighted by atomic mass is 35.5. The molecule has 0 aliphatic carbocycles. The quantitative estimate of drug-likeness (QED) is 0.616. The Hall–Kier alpha value is -1.32. The van der Waals surface area contributed by atoms with Gasteiger partial charge in [0.25, 0.3) is 0 Å². The normalized spacial score (nSPS) is 12.4. The lowest BCUT2D eigenvalue weighted by Crippen LogP contribution is -2.15. The fourth-order valence-corrected chi connectivity index (χ4v) is 2.01. The van der Waals surface area contributed by atoms with Crippen LogP contribution in [0.3, 0.4) is 0 Å².